The molecule has 1 aromatic rings. The van der Waals surface area contributed by atoms with Crippen molar-refractivity contribution in [3.63, 3.8) is 0 Å². The average Bonchev–Trinajstić information content (AvgIpc) is 2.23. The first kappa shape index (κ1) is 13.4. The van der Waals surface area contributed by atoms with Crippen molar-refractivity contribution >= 4 is 32.4 Å². The van der Waals surface area contributed by atoms with E-state index in [2.05, 4.69) is 26.3 Å². The highest BCUT2D eigenvalue weighted by molar-refractivity contribution is 9.10. The SMILES string of the molecule is Cn1ncc(NCCCS(C)=O)c(Br)c1=O. The van der Waals surface area contributed by atoms with Crippen molar-refractivity contribution < 1.29 is 4.21 Å². The molecule has 16 heavy (non-hydrogen) atoms. The fourth-order valence-corrected chi connectivity index (χ4v) is 2.18. The van der Waals surface area contributed by atoms with E-state index in [-0.39, 0.29) is 5.56 Å². The Labute approximate surface area is 105 Å². The maximum atomic E-state index is 11.5. The summed E-state index contributed by atoms with van der Waals surface area (Å²) in [6, 6.07) is 0. The number of rotatable bonds is 5. The van der Waals surface area contributed by atoms with Gasteiger partial charge in [0.25, 0.3) is 5.56 Å². The second kappa shape index (κ2) is 6.15. The highest BCUT2D eigenvalue weighted by Crippen LogP contribution is 2.15. The third kappa shape index (κ3) is 3.71. The normalized spacial score (nSPS) is 12.4. The van der Waals surface area contributed by atoms with Crippen molar-refractivity contribution in [3.05, 3.63) is 21.0 Å². The van der Waals surface area contributed by atoms with Crippen LogP contribution in [0.4, 0.5) is 5.69 Å². The van der Waals surface area contributed by atoms with Crippen molar-refractivity contribution in [1.82, 2.24) is 9.78 Å². The zero-order chi connectivity index (χ0) is 12.1. The Kier molecular flexibility index (Phi) is 5.14. The molecule has 1 aromatic heterocycles. The van der Waals surface area contributed by atoms with Gasteiger partial charge in [-0.3, -0.25) is 9.00 Å². The van der Waals surface area contributed by atoms with Gasteiger partial charge in [0, 0.05) is 36.4 Å². The molecule has 0 aliphatic heterocycles. The molecule has 0 aromatic carbocycles. The first-order valence-electron chi connectivity index (χ1n) is 4.78. The Morgan fingerprint density at radius 3 is 2.94 bits per heavy atom. The van der Waals surface area contributed by atoms with Gasteiger partial charge in [-0.2, -0.15) is 5.10 Å². The maximum Gasteiger partial charge on any atom is 0.282 e. The van der Waals surface area contributed by atoms with Gasteiger partial charge in [-0.25, -0.2) is 4.68 Å². The van der Waals surface area contributed by atoms with Crippen LogP contribution in [0.25, 0.3) is 0 Å². The van der Waals surface area contributed by atoms with E-state index in [4.69, 9.17) is 0 Å². The van der Waals surface area contributed by atoms with E-state index in [1.807, 2.05) is 0 Å². The van der Waals surface area contributed by atoms with Crippen LogP contribution in [-0.2, 0) is 17.8 Å². The minimum Gasteiger partial charge on any atom is -0.383 e. The van der Waals surface area contributed by atoms with Gasteiger partial charge in [-0.15, -0.1) is 0 Å². The monoisotopic (exact) mass is 307 g/mol. The highest BCUT2D eigenvalue weighted by Gasteiger charge is 2.05. The second-order valence-corrected chi connectivity index (χ2v) is 5.71. The van der Waals surface area contributed by atoms with Crippen molar-refractivity contribution in [2.24, 2.45) is 7.05 Å². The standard InChI is InChI=1S/C9H14BrN3O2S/c1-13-9(14)8(10)7(6-12-13)11-4-3-5-16(2)15/h6,11H,3-5H2,1-2H3. The topological polar surface area (TPSA) is 64.0 Å². The van der Waals surface area contributed by atoms with Gasteiger partial charge in [-0.05, 0) is 22.4 Å². The fraction of sp³-hybridized carbons (Fsp3) is 0.556. The van der Waals surface area contributed by atoms with Crippen LogP contribution in [0, 0.1) is 0 Å². The molecule has 0 saturated heterocycles. The van der Waals surface area contributed by atoms with Gasteiger partial charge in [0.15, 0.2) is 0 Å². The largest absolute Gasteiger partial charge is 0.383 e. The summed E-state index contributed by atoms with van der Waals surface area (Å²) in [4.78, 5) is 11.5. The molecule has 1 heterocycles. The summed E-state index contributed by atoms with van der Waals surface area (Å²) >= 11 is 3.22. The van der Waals surface area contributed by atoms with Gasteiger partial charge < -0.3 is 5.32 Å². The zero-order valence-electron chi connectivity index (χ0n) is 9.20. The van der Waals surface area contributed by atoms with Crippen LogP contribution in [0.3, 0.4) is 0 Å². The predicted octanol–water partition coefficient (Wildman–Crippen LogP) is 0.723. The number of aromatic nitrogens is 2. The van der Waals surface area contributed by atoms with E-state index in [0.29, 0.717) is 22.5 Å². The predicted molar refractivity (Wildman–Crippen MR) is 69.2 cm³/mol. The Hall–Kier alpha value is -0.690. The molecule has 0 amide bonds. The molecule has 90 valence electrons. The van der Waals surface area contributed by atoms with Crippen molar-refractivity contribution in [1.29, 1.82) is 0 Å². The van der Waals surface area contributed by atoms with Gasteiger partial charge in [0.2, 0.25) is 0 Å². The Bertz CT molecular complexity index is 447. The molecule has 1 unspecified atom stereocenters. The number of anilines is 1. The number of hydrogen-bond donors (Lipinski definition) is 1. The summed E-state index contributed by atoms with van der Waals surface area (Å²) in [5.41, 5.74) is 0.494. The molecule has 0 bridgehead atoms. The second-order valence-electron chi connectivity index (χ2n) is 3.36. The first-order chi connectivity index (χ1) is 7.52. The van der Waals surface area contributed by atoms with Crippen LogP contribution in [-0.4, -0.2) is 32.5 Å². The number of nitrogens with zero attached hydrogens (tertiary/aromatic N) is 2. The molecule has 1 N–H and O–H groups in total. The molecule has 7 heteroatoms. The number of aryl methyl sites for hydroxylation is 1. The molecule has 1 atom stereocenters. The summed E-state index contributed by atoms with van der Waals surface area (Å²) in [5, 5.41) is 6.98. The summed E-state index contributed by atoms with van der Waals surface area (Å²) in [6.45, 7) is 0.674. The Morgan fingerprint density at radius 1 is 1.62 bits per heavy atom. The lowest BCUT2D eigenvalue weighted by molar-refractivity contribution is 0.684. The lowest BCUT2D eigenvalue weighted by Gasteiger charge is -2.07. The fourth-order valence-electron chi connectivity index (χ4n) is 1.13. The van der Waals surface area contributed by atoms with Crippen LogP contribution in [0.5, 0.6) is 0 Å². The summed E-state index contributed by atoms with van der Waals surface area (Å²) in [5.74, 6) is 0.656. The molecule has 0 spiro atoms. The smallest absolute Gasteiger partial charge is 0.282 e. The lowest BCUT2D eigenvalue weighted by atomic mass is 10.4. The van der Waals surface area contributed by atoms with Gasteiger partial charge >= 0.3 is 0 Å². The van der Waals surface area contributed by atoms with Crippen LogP contribution in [0.15, 0.2) is 15.5 Å². The van der Waals surface area contributed by atoms with E-state index in [1.165, 1.54) is 4.68 Å². The van der Waals surface area contributed by atoms with E-state index < -0.39 is 10.8 Å². The highest BCUT2D eigenvalue weighted by atomic mass is 79.9. The van der Waals surface area contributed by atoms with E-state index in [9.17, 15) is 9.00 Å². The number of hydrogen-bond acceptors (Lipinski definition) is 4. The average molecular weight is 308 g/mol. The van der Waals surface area contributed by atoms with Gasteiger partial charge in [0.1, 0.15) is 4.47 Å². The first-order valence-corrected chi connectivity index (χ1v) is 7.30. The minimum atomic E-state index is -0.770. The Balaban J connectivity index is 2.58. The van der Waals surface area contributed by atoms with Crippen molar-refractivity contribution in [3.8, 4) is 0 Å². The van der Waals surface area contributed by atoms with Gasteiger partial charge in [-0.1, -0.05) is 0 Å². The van der Waals surface area contributed by atoms with Crippen LogP contribution in [0.2, 0.25) is 0 Å². The maximum absolute atomic E-state index is 11.5. The van der Waals surface area contributed by atoms with Crippen LogP contribution in [0.1, 0.15) is 6.42 Å². The molecule has 0 aliphatic carbocycles. The quantitative estimate of drug-likeness (QED) is 0.814. The molecule has 0 saturated carbocycles. The molecule has 0 aliphatic rings. The van der Waals surface area contributed by atoms with Crippen molar-refractivity contribution in [2.75, 3.05) is 23.9 Å². The molecular formula is C9H14BrN3O2S. The molecule has 1 rings (SSSR count). The molecule has 0 fully saturated rings. The molecular weight excluding hydrogens is 294 g/mol. The van der Waals surface area contributed by atoms with E-state index in [1.54, 1.807) is 19.5 Å². The van der Waals surface area contributed by atoms with Crippen LogP contribution < -0.4 is 10.9 Å². The van der Waals surface area contributed by atoms with Crippen molar-refractivity contribution in [2.45, 2.75) is 6.42 Å². The summed E-state index contributed by atoms with van der Waals surface area (Å²) in [7, 11) is 0.824. The minimum absolute atomic E-state index is 0.177. The molecule has 5 nitrogen and oxygen atoms in total. The Morgan fingerprint density at radius 2 is 2.31 bits per heavy atom. The lowest BCUT2D eigenvalue weighted by Crippen LogP contribution is -2.21. The number of nitrogens with one attached hydrogen (secondary N) is 1. The van der Waals surface area contributed by atoms with Crippen LogP contribution >= 0.6 is 15.9 Å². The zero-order valence-corrected chi connectivity index (χ0v) is 11.6. The summed E-state index contributed by atoms with van der Waals surface area (Å²) in [6.07, 6.45) is 4.06. The third-order valence-electron chi connectivity index (χ3n) is 2.00. The van der Waals surface area contributed by atoms with E-state index >= 15 is 0 Å². The summed E-state index contributed by atoms with van der Waals surface area (Å²) < 4.78 is 12.6. The molecule has 0 radical (unpaired) electrons. The van der Waals surface area contributed by atoms with E-state index in [0.717, 1.165) is 6.42 Å². The van der Waals surface area contributed by atoms with Gasteiger partial charge in [0.05, 0.1) is 11.9 Å². The third-order valence-corrected chi connectivity index (χ3v) is 3.63. The number of halogens is 1.